The molecule has 0 bridgehead atoms. The van der Waals surface area contributed by atoms with Gasteiger partial charge in [0.25, 0.3) is 5.91 Å². The molecule has 0 saturated heterocycles. The number of carbonyl (C=O) groups is 1. The Morgan fingerprint density at radius 3 is 2.94 bits per heavy atom. The zero-order chi connectivity index (χ0) is 12.4. The number of fused-ring (bicyclic) bond motifs is 1. The molecule has 4 nitrogen and oxygen atoms in total. The zero-order valence-electron chi connectivity index (χ0n) is 9.84. The average molecular weight is 227 g/mol. The normalized spacial score (nSPS) is 10.2. The number of hydrogen-bond acceptors (Lipinski definition) is 2. The largest absolute Gasteiger partial charge is 0.329 e. The minimum Gasteiger partial charge on any atom is -0.329 e. The van der Waals surface area contributed by atoms with Crippen molar-refractivity contribution >= 4 is 16.8 Å². The molecular weight excluding hydrogens is 214 g/mol. The van der Waals surface area contributed by atoms with Crippen molar-refractivity contribution in [2.45, 2.75) is 0 Å². The van der Waals surface area contributed by atoms with E-state index in [1.807, 2.05) is 31.3 Å². The molecule has 2 aromatic rings. The summed E-state index contributed by atoms with van der Waals surface area (Å²) >= 11 is 0. The highest BCUT2D eigenvalue weighted by Gasteiger charge is 2.18. The summed E-state index contributed by atoms with van der Waals surface area (Å²) in [5.74, 6) is 2.29. The van der Waals surface area contributed by atoms with Crippen LogP contribution in [0.2, 0.25) is 0 Å². The maximum atomic E-state index is 12.1. The zero-order valence-corrected chi connectivity index (χ0v) is 9.84. The first-order valence-electron chi connectivity index (χ1n) is 5.26. The molecular formula is C13H13N3O. The van der Waals surface area contributed by atoms with Gasteiger partial charge in [0, 0.05) is 19.5 Å². The van der Waals surface area contributed by atoms with Gasteiger partial charge in [0.1, 0.15) is 0 Å². The fourth-order valence-corrected chi connectivity index (χ4v) is 1.76. The first-order valence-corrected chi connectivity index (χ1v) is 5.26. The van der Waals surface area contributed by atoms with E-state index in [-0.39, 0.29) is 12.5 Å². The third kappa shape index (κ3) is 1.87. The molecule has 0 atom stereocenters. The Hall–Kier alpha value is -2.28. The molecule has 0 fully saturated rings. The van der Waals surface area contributed by atoms with Crippen molar-refractivity contribution in [3.63, 3.8) is 0 Å². The smallest absolute Gasteiger partial charge is 0.275 e. The van der Waals surface area contributed by atoms with E-state index in [0.717, 1.165) is 10.9 Å². The maximum Gasteiger partial charge on any atom is 0.275 e. The number of aromatic nitrogens is 2. The molecule has 1 aromatic carbocycles. The van der Waals surface area contributed by atoms with Gasteiger partial charge in [-0.25, -0.2) is 0 Å². The fraction of sp³-hybridized carbons (Fsp3) is 0.231. The molecule has 0 aliphatic heterocycles. The molecule has 1 heterocycles. The summed E-state index contributed by atoms with van der Waals surface area (Å²) in [6.07, 6.45) is 5.19. The van der Waals surface area contributed by atoms with E-state index >= 15 is 0 Å². The molecule has 17 heavy (non-hydrogen) atoms. The van der Waals surface area contributed by atoms with E-state index in [0.29, 0.717) is 5.69 Å². The van der Waals surface area contributed by atoms with Crippen LogP contribution < -0.4 is 0 Å². The summed E-state index contributed by atoms with van der Waals surface area (Å²) in [6.45, 7) is 0.281. The first-order chi connectivity index (χ1) is 8.15. The Morgan fingerprint density at radius 2 is 2.24 bits per heavy atom. The lowest BCUT2D eigenvalue weighted by atomic mass is 10.2. The van der Waals surface area contributed by atoms with Crippen LogP contribution in [0.4, 0.5) is 0 Å². The monoisotopic (exact) mass is 227 g/mol. The van der Waals surface area contributed by atoms with Gasteiger partial charge in [0.05, 0.1) is 12.1 Å². The van der Waals surface area contributed by atoms with Crippen LogP contribution >= 0.6 is 0 Å². The molecule has 0 unspecified atom stereocenters. The third-order valence-corrected chi connectivity index (χ3v) is 2.64. The van der Waals surface area contributed by atoms with Crippen LogP contribution in [0, 0.1) is 12.3 Å². The number of carbonyl (C=O) groups excluding carboxylic acids is 1. The van der Waals surface area contributed by atoms with Crippen molar-refractivity contribution < 1.29 is 4.79 Å². The van der Waals surface area contributed by atoms with Crippen LogP contribution in [0.25, 0.3) is 10.9 Å². The number of nitrogens with zero attached hydrogens (tertiary/aromatic N) is 3. The summed E-state index contributed by atoms with van der Waals surface area (Å²) in [5, 5.41) is 5.10. The van der Waals surface area contributed by atoms with Crippen LogP contribution in [0.3, 0.4) is 0 Å². The summed E-state index contributed by atoms with van der Waals surface area (Å²) in [7, 11) is 3.49. The summed E-state index contributed by atoms with van der Waals surface area (Å²) in [4.78, 5) is 13.6. The highest BCUT2D eigenvalue weighted by Crippen LogP contribution is 2.18. The van der Waals surface area contributed by atoms with Gasteiger partial charge >= 0.3 is 0 Å². The predicted octanol–water partition coefficient (Wildman–Crippen LogP) is 1.28. The number of hydrogen-bond donors (Lipinski definition) is 0. The lowest BCUT2D eigenvalue weighted by Crippen LogP contribution is -2.27. The van der Waals surface area contributed by atoms with Gasteiger partial charge in [-0.1, -0.05) is 24.1 Å². The predicted molar refractivity (Wildman–Crippen MR) is 66.5 cm³/mol. The highest BCUT2D eigenvalue weighted by atomic mass is 16.2. The molecule has 0 radical (unpaired) electrons. The highest BCUT2D eigenvalue weighted by molar-refractivity contribution is 6.04. The lowest BCUT2D eigenvalue weighted by Gasteiger charge is -2.11. The minimum absolute atomic E-state index is 0.153. The summed E-state index contributed by atoms with van der Waals surface area (Å²) in [5.41, 5.74) is 1.38. The number of aryl methyl sites for hydroxylation is 1. The lowest BCUT2D eigenvalue weighted by molar-refractivity contribution is 0.0808. The quantitative estimate of drug-likeness (QED) is 0.725. The number of terminal acetylenes is 1. The topological polar surface area (TPSA) is 38.1 Å². The Balaban J connectivity index is 2.50. The molecule has 1 aromatic heterocycles. The second-order valence-corrected chi connectivity index (χ2v) is 3.85. The van der Waals surface area contributed by atoms with E-state index in [1.165, 1.54) is 4.90 Å². The Labute approximate surface area is 99.8 Å². The minimum atomic E-state index is -0.153. The van der Waals surface area contributed by atoms with Gasteiger partial charge in [-0.05, 0) is 6.07 Å². The van der Waals surface area contributed by atoms with Gasteiger partial charge in [0.2, 0.25) is 0 Å². The molecule has 0 spiro atoms. The third-order valence-electron chi connectivity index (χ3n) is 2.64. The second-order valence-electron chi connectivity index (χ2n) is 3.85. The van der Waals surface area contributed by atoms with E-state index in [9.17, 15) is 4.79 Å². The Morgan fingerprint density at radius 1 is 1.53 bits per heavy atom. The van der Waals surface area contributed by atoms with Gasteiger partial charge in [-0.2, -0.15) is 5.10 Å². The van der Waals surface area contributed by atoms with Crippen molar-refractivity contribution in [2.75, 3.05) is 13.6 Å². The molecule has 4 heteroatoms. The van der Waals surface area contributed by atoms with Gasteiger partial charge in [0.15, 0.2) is 5.69 Å². The van der Waals surface area contributed by atoms with Crippen molar-refractivity contribution in [3.8, 4) is 12.3 Å². The average Bonchev–Trinajstić information content (AvgIpc) is 2.67. The van der Waals surface area contributed by atoms with E-state index in [1.54, 1.807) is 11.7 Å². The molecule has 1 amide bonds. The van der Waals surface area contributed by atoms with Gasteiger partial charge in [-0.15, -0.1) is 6.42 Å². The summed E-state index contributed by atoms with van der Waals surface area (Å²) < 4.78 is 1.70. The fourth-order valence-electron chi connectivity index (χ4n) is 1.76. The Kier molecular flexibility index (Phi) is 2.84. The molecule has 0 N–H and O–H groups in total. The van der Waals surface area contributed by atoms with E-state index in [2.05, 4.69) is 11.0 Å². The van der Waals surface area contributed by atoms with Gasteiger partial charge < -0.3 is 4.90 Å². The second kappa shape index (κ2) is 4.30. The maximum absolute atomic E-state index is 12.1. The molecule has 0 aliphatic carbocycles. The van der Waals surface area contributed by atoms with E-state index < -0.39 is 0 Å². The van der Waals surface area contributed by atoms with Gasteiger partial charge in [-0.3, -0.25) is 9.48 Å². The molecule has 0 aliphatic rings. The first kappa shape index (κ1) is 11.2. The Bertz CT molecular complexity index is 607. The van der Waals surface area contributed by atoms with Crippen molar-refractivity contribution in [1.29, 1.82) is 0 Å². The number of benzene rings is 1. The van der Waals surface area contributed by atoms with Crippen LogP contribution in [0.5, 0.6) is 0 Å². The summed E-state index contributed by atoms with van der Waals surface area (Å²) in [6, 6.07) is 7.63. The number of para-hydroxylation sites is 1. The van der Waals surface area contributed by atoms with Crippen LogP contribution in [0.1, 0.15) is 10.5 Å². The standard InChI is InChI=1S/C13H13N3O/c1-4-9-15(2)13(17)12-10-7-5-6-8-11(10)16(3)14-12/h1,5-8H,9H2,2-3H3. The van der Waals surface area contributed by atoms with E-state index in [4.69, 9.17) is 6.42 Å². The number of amides is 1. The van der Waals surface area contributed by atoms with Crippen molar-refractivity contribution in [3.05, 3.63) is 30.0 Å². The molecule has 2 rings (SSSR count). The van der Waals surface area contributed by atoms with Crippen molar-refractivity contribution in [2.24, 2.45) is 7.05 Å². The van der Waals surface area contributed by atoms with Crippen LogP contribution in [-0.4, -0.2) is 34.2 Å². The molecule has 0 saturated carbocycles. The van der Waals surface area contributed by atoms with Crippen LogP contribution in [-0.2, 0) is 7.05 Å². The van der Waals surface area contributed by atoms with Crippen LogP contribution in [0.15, 0.2) is 24.3 Å². The number of rotatable bonds is 2. The SMILES string of the molecule is C#CCN(C)C(=O)c1nn(C)c2ccccc12. The molecule has 86 valence electrons. The van der Waals surface area contributed by atoms with Crippen molar-refractivity contribution in [1.82, 2.24) is 14.7 Å².